The molecule has 0 radical (unpaired) electrons. The molecule has 0 aliphatic rings. The molecule has 1 aromatic heterocycles. The Balaban J connectivity index is 2.57. The van der Waals surface area contributed by atoms with Crippen molar-refractivity contribution >= 4 is 23.3 Å². The summed E-state index contributed by atoms with van der Waals surface area (Å²) in [5, 5.41) is 9.00. The zero-order chi connectivity index (χ0) is 15.3. The molecule has 0 fully saturated rings. The number of carbonyl (C=O) groups is 2. The molecular formula is C13H22N4O2S. The van der Waals surface area contributed by atoms with E-state index in [1.54, 1.807) is 25.2 Å². The molecule has 0 aromatic carbocycles. The molecule has 0 aliphatic carbocycles. The number of nitrogens with one attached hydrogen (secondary N) is 3. The second-order valence-electron chi connectivity index (χ2n) is 4.64. The third-order valence-corrected chi connectivity index (χ3v) is 4.06. The second-order valence-corrected chi connectivity index (χ2v) is 5.88. The number of thiazole rings is 1. The number of nitrogens with zero attached hydrogens (tertiary/aromatic N) is 1. The smallest absolute Gasteiger partial charge is 0.321 e. The molecular weight excluding hydrogens is 276 g/mol. The summed E-state index contributed by atoms with van der Waals surface area (Å²) < 4.78 is 0. The predicted molar refractivity (Wildman–Crippen MR) is 79.8 cm³/mol. The van der Waals surface area contributed by atoms with Crippen LogP contribution in [0.15, 0.2) is 0 Å². The first kappa shape index (κ1) is 16.6. The molecule has 2 unspecified atom stereocenters. The lowest BCUT2D eigenvalue weighted by molar-refractivity contribution is -0.121. The summed E-state index contributed by atoms with van der Waals surface area (Å²) in [5.74, 6) is -0.346. The molecule has 1 rings (SSSR count). The molecule has 20 heavy (non-hydrogen) atoms. The zero-order valence-electron chi connectivity index (χ0n) is 12.5. The first-order valence-electron chi connectivity index (χ1n) is 6.63. The predicted octanol–water partition coefficient (Wildman–Crippen LogP) is 1.64. The molecule has 7 heteroatoms. The van der Waals surface area contributed by atoms with E-state index in [0.29, 0.717) is 6.54 Å². The number of hydrogen-bond acceptors (Lipinski definition) is 5. The first-order valence-corrected chi connectivity index (χ1v) is 7.45. The monoisotopic (exact) mass is 298 g/mol. The van der Waals surface area contributed by atoms with Crippen LogP contribution in [0.25, 0.3) is 0 Å². The van der Waals surface area contributed by atoms with Crippen LogP contribution in [0, 0.1) is 13.8 Å². The summed E-state index contributed by atoms with van der Waals surface area (Å²) in [5.41, 5.74) is 0.976. The van der Waals surface area contributed by atoms with Crippen LogP contribution in [0.4, 0.5) is 4.79 Å². The van der Waals surface area contributed by atoms with Crippen LogP contribution in [-0.2, 0) is 4.79 Å². The van der Waals surface area contributed by atoms with E-state index in [4.69, 9.17) is 0 Å². The maximum Gasteiger partial charge on any atom is 0.321 e. The fourth-order valence-corrected chi connectivity index (χ4v) is 2.84. The quantitative estimate of drug-likeness (QED) is 0.772. The Kier molecular flexibility index (Phi) is 6.09. The van der Waals surface area contributed by atoms with E-state index in [9.17, 15) is 9.59 Å². The van der Waals surface area contributed by atoms with E-state index in [1.807, 2.05) is 20.8 Å². The van der Waals surface area contributed by atoms with Gasteiger partial charge in [-0.1, -0.05) is 0 Å². The van der Waals surface area contributed by atoms with Gasteiger partial charge in [0.15, 0.2) is 0 Å². The fraction of sp³-hybridized carbons (Fsp3) is 0.615. The third kappa shape index (κ3) is 4.57. The van der Waals surface area contributed by atoms with Crippen molar-refractivity contribution in [3.8, 4) is 0 Å². The lowest BCUT2D eigenvalue weighted by atomic mass is 10.2. The highest BCUT2D eigenvalue weighted by atomic mass is 32.1. The molecule has 3 N–H and O–H groups in total. The van der Waals surface area contributed by atoms with Crippen molar-refractivity contribution in [3.63, 3.8) is 0 Å². The number of imide groups is 1. The van der Waals surface area contributed by atoms with Gasteiger partial charge in [-0.3, -0.25) is 15.4 Å². The van der Waals surface area contributed by atoms with Crippen LogP contribution >= 0.6 is 11.3 Å². The van der Waals surface area contributed by atoms with E-state index in [1.165, 1.54) is 0 Å². The van der Waals surface area contributed by atoms with Gasteiger partial charge in [0.2, 0.25) is 5.91 Å². The molecule has 6 nitrogen and oxygen atoms in total. The minimum absolute atomic E-state index is 0.0104. The lowest BCUT2D eigenvalue weighted by Crippen LogP contribution is -2.48. The molecule has 0 spiro atoms. The second kappa shape index (κ2) is 7.35. The molecule has 0 saturated carbocycles. The largest absolute Gasteiger partial charge is 0.338 e. The number of carbonyl (C=O) groups excluding carboxylic acids is 2. The third-order valence-electron chi connectivity index (χ3n) is 2.80. The average Bonchev–Trinajstić information content (AvgIpc) is 2.68. The number of aromatic nitrogens is 1. The van der Waals surface area contributed by atoms with Gasteiger partial charge in [-0.25, -0.2) is 9.78 Å². The number of rotatable bonds is 5. The summed E-state index contributed by atoms with van der Waals surface area (Å²) in [6.45, 7) is 9.90. The van der Waals surface area contributed by atoms with Crippen LogP contribution in [0.3, 0.4) is 0 Å². The normalized spacial score (nSPS) is 13.7. The standard InChI is InChI=1S/C13H22N4O2S/c1-6-14-13(19)17-12(18)9(4)15-7(2)11-8(3)16-10(5)20-11/h7,9,15H,6H2,1-5H3,(H2,14,17,18,19). The van der Waals surface area contributed by atoms with Crippen LogP contribution in [0.5, 0.6) is 0 Å². The van der Waals surface area contributed by atoms with Gasteiger partial charge in [-0.15, -0.1) is 11.3 Å². The maximum absolute atomic E-state index is 11.8. The van der Waals surface area contributed by atoms with Gasteiger partial charge in [0, 0.05) is 17.5 Å². The van der Waals surface area contributed by atoms with Crippen molar-refractivity contribution in [1.82, 2.24) is 20.9 Å². The van der Waals surface area contributed by atoms with Gasteiger partial charge in [0.25, 0.3) is 0 Å². The Labute approximate surface area is 123 Å². The highest BCUT2D eigenvalue weighted by Crippen LogP contribution is 2.24. The van der Waals surface area contributed by atoms with Crippen LogP contribution in [0.2, 0.25) is 0 Å². The molecule has 2 atom stereocenters. The molecule has 112 valence electrons. The highest BCUT2D eigenvalue weighted by Gasteiger charge is 2.20. The van der Waals surface area contributed by atoms with Crippen molar-refractivity contribution in [1.29, 1.82) is 0 Å². The van der Waals surface area contributed by atoms with Crippen LogP contribution in [-0.4, -0.2) is 29.5 Å². The minimum atomic E-state index is -0.469. The molecule has 0 bridgehead atoms. The molecule has 0 saturated heterocycles. The first-order chi connectivity index (χ1) is 9.35. The zero-order valence-corrected chi connectivity index (χ0v) is 13.4. The Morgan fingerprint density at radius 2 is 1.95 bits per heavy atom. The Morgan fingerprint density at radius 1 is 1.30 bits per heavy atom. The van der Waals surface area contributed by atoms with Crippen LogP contribution in [0.1, 0.15) is 42.4 Å². The number of aryl methyl sites for hydroxylation is 2. The summed E-state index contributed by atoms with van der Waals surface area (Å²) in [6, 6.07) is -0.922. The van der Waals surface area contributed by atoms with Gasteiger partial charge < -0.3 is 5.32 Å². The average molecular weight is 298 g/mol. The molecule has 1 aromatic rings. The van der Waals surface area contributed by atoms with Gasteiger partial charge >= 0.3 is 6.03 Å². The van der Waals surface area contributed by atoms with Gasteiger partial charge in [0.05, 0.1) is 16.7 Å². The van der Waals surface area contributed by atoms with Crippen molar-refractivity contribution in [2.75, 3.05) is 6.54 Å². The van der Waals surface area contributed by atoms with Crippen molar-refractivity contribution in [2.24, 2.45) is 0 Å². The van der Waals surface area contributed by atoms with Crippen molar-refractivity contribution < 1.29 is 9.59 Å². The molecule has 0 aliphatic heterocycles. The van der Waals surface area contributed by atoms with Crippen molar-refractivity contribution in [2.45, 2.75) is 46.7 Å². The summed E-state index contributed by atoms with van der Waals surface area (Å²) in [4.78, 5) is 28.6. The lowest BCUT2D eigenvalue weighted by Gasteiger charge is -2.18. The molecule has 3 amide bonds. The summed E-state index contributed by atoms with van der Waals surface area (Å²) >= 11 is 1.61. The van der Waals surface area contributed by atoms with Crippen molar-refractivity contribution in [3.05, 3.63) is 15.6 Å². The van der Waals surface area contributed by atoms with E-state index in [-0.39, 0.29) is 11.9 Å². The van der Waals surface area contributed by atoms with E-state index >= 15 is 0 Å². The minimum Gasteiger partial charge on any atom is -0.338 e. The number of hydrogen-bond donors (Lipinski definition) is 3. The van der Waals surface area contributed by atoms with Crippen LogP contribution < -0.4 is 16.0 Å². The van der Waals surface area contributed by atoms with E-state index < -0.39 is 12.1 Å². The van der Waals surface area contributed by atoms with Gasteiger partial charge in [-0.2, -0.15) is 0 Å². The topological polar surface area (TPSA) is 83.1 Å². The maximum atomic E-state index is 11.8. The number of urea groups is 1. The fourth-order valence-electron chi connectivity index (χ4n) is 1.90. The Morgan fingerprint density at radius 3 is 2.45 bits per heavy atom. The molecule has 1 heterocycles. The SMILES string of the molecule is CCNC(=O)NC(=O)C(C)NC(C)c1sc(C)nc1C. The Hall–Kier alpha value is -1.47. The van der Waals surface area contributed by atoms with Gasteiger partial charge in [-0.05, 0) is 34.6 Å². The van der Waals surface area contributed by atoms with Gasteiger partial charge in [0.1, 0.15) is 0 Å². The highest BCUT2D eigenvalue weighted by molar-refractivity contribution is 7.11. The summed E-state index contributed by atoms with van der Waals surface area (Å²) in [6.07, 6.45) is 0. The summed E-state index contributed by atoms with van der Waals surface area (Å²) in [7, 11) is 0. The number of amides is 3. The Bertz CT molecular complexity index is 487. The van der Waals surface area contributed by atoms with E-state index in [0.717, 1.165) is 15.6 Å². The van der Waals surface area contributed by atoms with E-state index in [2.05, 4.69) is 20.9 Å².